The second kappa shape index (κ2) is 2.88. The van der Waals surface area contributed by atoms with Crippen LogP contribution in [0.15, 0.2) is 18.2 Å². The van der Waals surface area contributed by atoms with Crippen LogP contribution in [0, 0.1) is 0 Å². The number of nitrogen functional groups attached to an aromatic ring is 1. The molecule has 6 heteroatoms. The van der Waals surface area contributed by atoms with E-state index in [-0.39, 0.29) is 11.5 Å². The number of aryl methyl sites for hydroxylation is 1. The molecule has 0 atom stereocenters. The lowest BCUT2D eigenvalue weighted by atomic mass is 10.2. The van der Waals surface area contributed by atoms with Gasteiger partial charge in [0.2, 0.25) is 5.95 Å². The summed E-state index contributed by atoms with van der Waals surface area (Å²) in [4.78, 5) is 3.83. The Morgan fingerprint density at radius 3 is 2.60 bits per heavy atom. The van der Waals surface area contributed by atoms with Gasteiger partial charge in [0.05, 0.1) is 16.6 Å². The maximum Gasteiger partial charge on any atom is 0.416 e. The number of hydrogen-bond donors (Lipinski definition) is 1. The summed E-state index contributed by atoms with van der Waals surface area (Å²) in [5.41, 5.74) is 5.61. The van der Waals surface area contributed by atoms with E-state index in [4.69, 9.17) is 5.73 Å². The molecule has 0 aliphatic carbocycles. The Hall–Kier alpha value is -1.72. The number of halogens is 3. The van der Waals surface area contributed by atoms with Crippen molar-refractivity contribution in [1.82, 2.24) is 9.55 Å². The van der Waals surface area contributed by atoms with E-state index in [0.717, 1.165) is 12.1 Å². The van der Waals surface area contributed by atoms with E-state index in [1.54, 1.807) is 7.05 Å². The van der Waals surface area contributed by atoms with Gasteiger partial charge in [-0.15, -0.1) is 0 Å². The largest absolute Gasteiger partial charge is 0.416 e. The predicted molar refractivity (Wildman–Crippen MR) is 50.1 cm³/mol. The van der Waals surface area contributed by atoms with Crippen LogP contribution in [0.25, 0.3) is 11.0 Å². The summed E-state index contributed by atoms with van der Waals surface area (Å²) in [5.74, 6) is 0.198. The van der Waals surface area contributed by atoms with Crippen LogP contribution < -0.4 is 5.73 Å². The molecule has 2 rings (SSSR count). The fourth-order valence-corrected chi connectivity index (χ4v) is 1.39. The number of benzene rings is 1. The Morgan fingerprint density at radius 2 is 2.00 bits per heavy atom. The summed E-state index contributed by atoms with van der Waals surface area (Å²) >= 11 is 0. The van der Waals surface area contributed by atoms with Gasteiger partial charge >= 0.3 is 6.18 Å². The summed E-state index contributed by atoms with van der Waals surface area (Å²) in [6.07, 6.45) is -4.35. The maximum absolute atomic E-state index is 12.4. The minimum atomic E-state index is -4.35. The highest BCUT2D eigenvalue weighted by Gasteiger charge is 2.30. The van der Waals surface area contributed by atoms with Crippen molar-refractivity contribution in [3.8, 4) is 0 Å². The molecule has 3 nitrogen and oxygen atoms in total. The highest BCUT2D eigenvalue weighted by Crippen LogP contribution is 2.31. The fraction of sp³-hybridized carbons (Fsp3) is 0.222. The standard InChI is InChI=1S/C9H8F3N3/c1-15-7-3-2-5(9(10,11)12)4-6(7)14-8(15)13/h2-4H,1H3,(H2,13,14). The number of aromatic nitrogens is 2. The Balaban J connectivity index is 2.67. The topological polar surface area (TPSA) is 43.8 Å². The second-order valence-electron chi connectivity index (χ2n) is 3.23. The van der Waals surface area contributed by atoms with Gasteiger partial charge in [0.1, 0.15) is 0 Å². The molecule has 0 radical (unpaired) electrons. The third kappa shape index (κ3) is 1.51. The van der Waals surface area contributed by atoms with Crippen LogP contribution in [-0.2, 0) is 13.2 Å². The molecule has 0 fully saturated rings. The number of nitrogens with two attached hydrogens (primary N) is 1. The van der Waals surface area contributed by atoms with E-state index in [1.807, 2.05) is 0 Å². The van der Waals surface area contributed by atoms with Gasteiger partial charge in [-0.2, -0.15) is 13.2 Å². The van der Waals surface area contributed by atoms with Crippen molar-refractivity contribution in [2.75, 3.05) is 5.73 Å². The molecule has 0 bridgehead atoms. The molecule has 1 aromatic heterocycles. The van der Waals surface area contributed by atoms with Gasteiger partial charge in [0.25, 0.3) is 0 Å². The van der Waals surface area contributed by atoms with E-state index < -0.39 is 11.7 Å². The Bertz CT molecular complexity index is 513. The molecule has 1 aromatic carbocycles. The highest BCUT2D eigenvalue weighted by molar-refractivity contribution is 5.79. The maximum atomic E-state index is 12.4. The fourth-order valence-electron chi connectivity index (χ4n) is 1.39. The predicted octanol–water partition coefficient (Wildman–Crippen LogP) is 2.17. The quantitative estimate of drug-likeness (QED) is 0.731. The van der Waals surface area contributed by atoms with E-state index in [0.29, 0.717) is 5.52 Å². The number of anilines is 1. The van der Waals surface area contributed by atoms with Gasteiger partial charge in [-0.05, 0) is 18.2 Å². The molecule has 80 valence electrons. The van der Waals surface area contributed by atoms with Crippen LogP contribution in [0.4, 0.5) is 19.1 Å². The number of alkyl halides is 3. The van der Waals surface area contributed by atoms with Crippen LogP contribution in [0.1, 0.15) is 5.56 Å². The van der Waals surface area contributed by atoms with Crippen molar-refractivity contribution < 1.29 is 13.2 Å². The second-order valence-corrected chi connectivity index (χ2v) is 3.23. The Labute approximate surface area is 83.3 Å². The first-order chi connectivity index (χ1) is 6.89. The van der Waals surface area contributed by atoms with Gasteiger partial charge in [-0.3, -0.25) is 0 Å². The Morgan fingerprint density at radius 1 is 1.33 bits per heavy atom. The molecule has 0 unspecified atom stereocenters. The average Bonchev–Trinajstić information content (AvgIpc) is 2.41. The van der Waals surface area contributed by atoms with Crippen LogP contribution in [-0.4, -0.2) is 9.55 Å². The van der Waals surface area contributed by atoms with Crippen molar-refractivity contribution in [1.29, 1.82) is 0 Å². The molecule has 0 aliphatic rings. The summed E-state index contributed by atoms with van der Waals surface area (Å²) in [6.45, 7) is 0. The molecule has 15 heavy (non-hydrogen) atoms. The first-order valence-corrected chi connectivity index (χ1v) is 4.19. The van der Waals surface area contributed by atoms with Gasteiger partial charge in [-0.25, -0.2) is 4.98 Å². The van der Waals surface area contributed by atoms with Crippen LogP contribution in [0.2, 0.25) is 0 Å². The third-order valence-corrected chi connectivity index (χ3v) is 2.24. The molecule has 0 spiro atoms. The van der Waals surface area contributed by atoms with Crippen LogP contribution >= 0.6 is 0 Å². The number of hydrogen-bond acceptors (Lipinski definition) is 2. The van der Waals surface area contributed by atoms with Crippen molar-refractivity contribution >= 4 is 17.0 Å². The first kappa shape index (κ1) is 9.82. The van der Waals surface area contributed by atoms with Gasteiger partial charge in [0, 0.05) is 7.05 Å². The number of nitrogens with zero attached hydrogens (tertiary/aromatic N) is 2. The van der Waals surface area contributed by atoms with Gasteiger partial charge in [-0.1, -0.05) is 0 Å². The van der Waals surface area contributed by atoms with E-state index in [9.17, 15) is 13.2 Å². The lowest BCUT2D eigenvalue weighted by Crippen LogP contribution is -2.04. The summed E-state index contributed by atoms with van der Waals surface area (Å²) < 4.78 is 38.6. The normalized spacial score (nSPS) is 12.3. The molecule has 2 aromatic rings. The number of imidazole rings is 1. The monoisotopic (exact) mass is 215 g/mol. The summed E-state index contributed by atoms with van der Waals surface area (Å²) in [5, 5.41) is 0. The molecule has 0 saturated heterocycles. The zero-order valence-electron chi connectivity index (χ0n) is 7.84. The minimum Gasteiger partial charge on any atom is -0.369 e. The SMILES string of the molecule is Cn1c(N)nc2cc(C(F)(F)F)ccc21. The molecule has 0 amide bonds. The van der Waals surface area contributed by atoms with Gasteiger partial charge < -0.3 is 10.3 Å². The summed E-state index contributed by atoms with van der Waals surface area (Å²) in [7, 11) is 1.65. The zero-order valence-corrected chi connectivity index (χ0v) is 7.84. The smallest absolute Gasteiger partial charge is 0.369 e. The lowest BCUT2D eigenvalue weighted by molar-refractivity contribution is -0.137. The minimum absolute atomic E-state index is 0.198. The number of rotatable bonds is 0. The van der Waals surface area contributed by atoms with Crippen LogP contribution in [0.5, 0.6) is 0 Å². The van der Waals surface area contributed by atoms with Crippen LogP contribution in [0.3, 0.4) is 0 Å². The summed E-state index contributed by atoms with van der Waals surface area (Å²) in [6, 6.07) is 3.37. The molecular formula is C9H8F3N3. The molecule has 1 heterocycles. The molecule has 0 aliphatic heterocycles. The zero-order chi connectivity index (χ0) is 11.2. The van der Waals surface area contributed by atoms with Crippen molar-refractivity contribution in [2.45, 2.75) is 6.18 Å². The first-order valence-electron chi connectivity index (χ1n) is 4.19. The average molecular weight is 215 g/mol. The van der Waals surface area contributed by atoms with Crippen molar-refractivity contribution in [3.05, 3.63) is 23.8 Å². The highest BCUT2D eigenvalue weighted by atomic mass is 19.4. The van der Waals surface area contributed by atoms with Crippen molar-refractivity contribution in [3.63, 3.8) is 0 Å². The molecule has 0 saturated carbocycles. The van der Waals surface area contributed by atoms with E-state index >= 15 is 0 Å². The van der Waals surface area contributed by atoms with E-state index in [1.165, 1.54) is 10.6 Å². The van der Waals surface area contributed by atoms with Gasteiger partial charge in [0.15, 0.2) is 0 Å². The Kier molecular flexibility index (Phi) is 1.89. The van der Waals surface area contributed by atoms with Crippen molar-refractivity contribution in [2.24, 2.45) is 7.05 Å². The lowest BCUT2D eigenvalue weighted by Gasteiger charge is -2.05. The molecular weight excluding hydrogens is 207 g/mol. The van der Waals surface area contributed by atoms with E-state index in [2.05, 4.69) is 4.98 Å². The third-order valence-electron chi connectivity index (χ3n) is 2.24. The number of fused-ring (bicyclic) bond motifs is 1. The molecule has 2 N–H and O–H groups in total.